The molecule has 0 saturated carbocycles. The molecule has 0 aromatic carbocycles. The normalized spacial score (nSPS) is 21.0. The highest BCUT2D eigenvalue weighted by Crippen LogP contribution is 2.27. The minimum Gasteiger partial charge on any atom is -0.471 e. The van der Waals surface area contributed by atoms with Crippen LogP contribution in [0.15, 0.2) is 12.3 Å². The Morgan fingerprint density at radius 1 is 1.43 bits per heavy atom. The van der Waals surface area contributed by atoms with Gasteiger partial charge in [0.2, 0.25) is 5.88 Å². The van der Waals surface area contributed by atoms with Crippen LogP contribution in [0, 0.1) is 5.92 Å². The maximum atomic E-state index is 12.3. The van der Waals surface area contributed by atoms with Gasteiger partial charge in [-0.25, -0.2) is 4.98 Å². The van der Waals surface area contributed by atoms with Crippen molar-refractivity contribution in [2.75, 3.05) is 33.4 Å². The van der Waals surface area contributed by atoms with Crippen molar-refractivity contribution in [1.82, 2.24) is 9.88 Å². The molecule has 1 unspecified atom stereocenters. The minimum absolute atomic E-state index is 0.0576. The topological polar surface area (TPSA) is 78.0 Å². The highest BCUT2D eigenvalue weighted by Gasteiger charge is 2.37. The summed E-state index contributed by atoms with van der Waals surface area (Å²) >= 11 is 6.15. The highest BCUT2D eigenvalue weighted by molar-refractivity contribution is 6.32. The second kappa shape index (κ2) is 6.72. The summed E-state index contributed by atoms with van der Waals surface area (Å²) in [5.41, 5.74) is 0.369. The second-order valence-electron chi connectivity index (χ2n) is 5.54. The van der Waals surface area contributed by atoms with Crippen molar-refractivity contribution in [3.05, 3.63) is 22.8 Å². The van der Waals surface area contributed by atoms with Gasteiger partial charge in [-0.15, -0.1) is 0 Å². The van der Waals surface area contributed by atoms with Crippen LogP contribution in [0.5, 0.6) is 5.88 Å². The molecule has 0 bridgehead atoms. The SMILES string of the molecule is COC(=O)C1CN(C(=O)c2cnc(OC3CCOC3)c(Cl)c2)C1. The van der Waals surface area contributed by atoms with Crippen molar-refractivity contribution in [2.24, 2.45) is 5.92 Å². The van der Waals surface area contributed by atoms with Crippen LogP contribution in [0.25, 0.3) is 0 Å². The lowest BCUT2D eigenvalue weighted by Gasteiger charge is -2.37. The Hall–Kier alpha value is -1.86. The zero-order valence-electron chi connectivity index (χ0n) is 12.7. The van der Waals surface area contributed by atoms with Gasteiger partial charge in [0.15, 0.2) is 0 Å². The van der Waals surface area contributed by atoms with E-state index in [1.165, 1.54) is 19.4 Å². The molecule has 3 heterocycles. The number of aromatic nitrogens is 1. The Kier molecular flexibility index (Phi) is 4.68. The van der Waals surface area contributed by atoms with Crippen LogP contribution in [0.1, 0.15) is 16.8 Å². The third-order valence-corrected chi connectivity index (χ3v) is 4.19. The average molecular weight is 341 g/mol. The lowest BCUT2D eigenvalue weighted by atomic mass is 9.99. The first-order chi connectivity index (χ1) is 11.1. The average Bonchev–Trinajstić information content (AvgIpc) is 3.00. The Labute approximate surface area is 138 Å². The Morgan fingerprint density at radius 3 is 2.83 bits per heavy atom. The molecule has 2 aliphatic heterocycles. The van der Waals surface area contributed by atoms with E-state index in [1.807, 2.05) is 0 Å². The summed E-state index contributed by atoms with van der Waals surface area (Å²) in [6.07, 6.45) is 2.17. The first kappa shape index (κ1) is 16.0. The van der Waals surface area contributed by atoms with Crippen LogP contribution in [-0.2, 0) is 14.3 Å². The van der Waals surface area contributed by atoms with E-state index in [4.69, 9.17) is 21.1 Å². The molecule has 0 aliphatic carbocycles. The van der Waals surface area contributed by atoms with E-state index >= 15 is 0 Å². The van der Waals surface area contributed by atoms with Gasteiger partial charge >= 0.3 is 5.97 Å². The third-order valence-electron chi connectivity index (χ3n) is 3.92. The molecule has 124 valence electrons. The number of halogens is 1. The van der Waals surface area contributed by atoms with E-state index < -0.39 is 0 Å². The molecule has 1 amide bonds. The van der Waals surface area contributed by atoms with Crippen LogP contribution < -0.4 is 4.74 Å². The first-order valence-electron chi connectivity index (χ1n) is 7.35. The lowest BCUT2D eigenvalue weighted by Crippen LogP contribution is -2.53. The van der Waals surface area contributed by atoms with Gasteiger partial charge in [0.05, 0.1) is 31.8 Å². The van der Waals surface area contributed by atoms with Gasteiger partial charge in [0.1, 0.15) is 11.1 Å². The number of rotatable bonds is 4. The molecule has 2 aliphatic rings. The predicted octanol–water partition coefficient (Wildman–Crippen LogP) is 1.15. The van der Waals surface area contributed by atoms with Crippen LogP contribution in [0.2, 0.25) is 5.02 Å². The van der Waals surface area contributed by atoms with Crippen LogP contribution in [-0.4, -0.2) is 61.3 Å². The fraction of sp³-hybridized carbons (Fsp3) is 0.533. The number of methoxy groups -OCH3 is 1. The molecular formula is C15H17ClN2O5. The number of carbonyl (C=O) groups excluding carboxylic acids is 2. The number of carbonyl (C=O) groups is 2. The summed E-state index contributed by atoms with van der Waals surface area (Å²) < 4.78 is 15.5. The van der Waals surface area contributed by atoms with E-state index in [0.29, 0.717) is 37.7 Å². The standard InChI is InChI=1S/C15H17ClN2O5/c1-21-15(20)10-6-18(7-10)14(19)9-4-12(16)13(17-5-9)23-11-2-3-22-8-11/h4-5,10-11H,2-3,6-8H2,1H3. The molecule has 1 atom stereocenters. The summed E-state index contributed by atoms with van der Waals surface area (Å²) in [6, 6.07) is 1.54. The third kappa shape index (κ3) is 3.40. The number of nitrogens with zero attached hydrogens (tertiary/aromatic N) is 2. The largest absolute Gasteiger partial charge is 0.471 e. The van der Waals surface area contributed by atoms with Crippen molar-refractivity contribution in [2.45, 2.75) is 12.5 Å². The summed E-state index contributed by atoms with van der Waals surface area (Å²) in [6.45, 7) is 1.87. The molecule has 0 N–H and O–H groups in total. The van der Waals surface area contributed by atoms with Crippen LogP contribution in [0.3, 0.4) is 0 Å². The van der Waals surface area contributed by atoms with E-state index in [2.05, 4.69) is 9.72 Å². The number of pyridine rings is 1. The zero-order valence-corrected chi connectivity index (χ0v) is 13.4. The maximum absolute atomic E-state index is 12.3. The summed E-state index contributed by atoms with van der Waals surface area (Å²) in [5.74, 6) is -0.463. The predicted molar refractivity (Wildman–Crippen MR) is 80.5 cm³/mol. The minimum atomic E-state index is -0.298. The van der Waals surface area contributed by atoms with Crippen LogP contribution >= 0.6 is 11.6 Å². The monoisotopic (exact) mass is 340 g/mol. The molecule has 1 aromatic heterocycles. The van der Waals surface area contributed by atoms with Crippen molar-refractivity contribution in [3.63, 3.8) is 0 Å². The number of ether oxygens (including phenoxy) is 3. The van der Waals surface area contributed by atoms with Crippen molar-refractivity contribution < 1.29 is 23.8 Å². The van der Waals surface area contributed by atoms with Crippen molar-refractivity contribution in [3.8, 4) is 5.88 Å². The lowest BCUT2D eigenvalue weighted by molar-refractivity contribution is -0.149. The van der Waals surface area contributed by atoms with Gasteiger partial charge in [-0.1, -0.05) is 11.6 Å². The molecule has 3 rings (SSSR count). The van der Waals surface area contributed by atoms with Crippen LogP contribution in [0.4, 0.5) is 0 Å². The maximum Gasteiger partial charge on any atom is 0.312 e. The van der Waals surface area contributed by atoms with Gasteiger partial charge in [-0.2, -0.15) is 0 Å². The van der Waals surface area contributed by atoms with E-state index in [9.17, 15) is 9.59 Å². The molecule has 2 fully saturated rings. The van der Waals surface area contributed by atoms with Gasteiger partial charge in [0, 0.05) is 25.7 Å². The fourth-order valence-electron chi connectivity index (χ4n) is 2.54. The van der Waals surface area contributed by atoms with Crippen molar-refractivity contribution >= 4 is 23.5 Å². The quantitative estimate of drug-likeness (QED) is 0.765. The number of hydrogen-bond acceptors (Lipinski definition) is 6. The molecule has 2 saturated heterocycles. The highest BCUT2D eigenvalue weighted by atomic mass is 35.5. The van der Waals surface area contributed by atoms with Gasteiger partial charge < -0.3 is 19.1 Å². The summed E-state index contributed by atoms with van der Waals surface area (Å²) in [4.78, 5) is 29.3. The van der Waals surface area contributed by atoms with Gasteiger partial charge in [-0.05, 0) is 6.07 Å². The molecule has 7 nitrogen and oxygen atoms in total. The second-order valence-corrected chi connectivity index (χ2v) is 5.95. The van der Waals surface area contributed by atoms with E-state index in [0.717, 1.165) is 6.42 Å². The first-order valence-corrected chi connectivity index (χ1v) is 7.73. The molecule has 0 spiro atoms. The smallest absolute Gasteiger partial charge is 0.312 e. The van der Waals surface area contributed by atoms with E-state index in [1.54, 1.807) is 4.90 Å². The molecule has 8 heteroatoms. The zero-order chi connectivity index (χ0) is 16.4. The van der Waals surface area contributed by atoms with Crippen molar-refractivity contribution in [1.29, 1.82) is 0 Å². The molecule has 23 heavy (non-hydrogen) atoms. The van der Waals surface area contributed by atoms with E-state index in [-0.39, 0.29) is 28.9 Å². The fourth-order valence-corrected chi connectivity index (χ4v) is 2.75. The summed E-state index contributed by atoms with van der Waals surface area (Å²) in [5, 5.41) is 0.285. The number of hydrogen-bond donors (Lipinski definition) is 0. The molecule has 0 radical (unpaired) electrons. The number of likely N-dealkylation sites (tertiary alicyclic amines) is 1. The molecule has 1 aromatic rings. The Balaban J connectivity index is 1.61. The number of esters is 1. The molecular weight excluding hydrogens is 324 g/mol. The van der Waals surface area contributed by atoms with Gasteiger partial charge in [0.25, 0.3) is 5.91 Å². The number of amides is 1. The Morgan fingerprint density at radius 2 is 2.22 bits per heavy atom. The summed E-state index contributed by atoms with van der Waals surface area (Å²) in [7, 11) is 1.34. The Bertz CT molecular complexity index is 612. The van der Waals surface area contributed by atoms with Gasteiger partial charge in [-0.3, -0.25) is 9.59 Å².